The summed E-state index contributed by atoms with van der Waals surface area (Å²) < 4.78 is 30.4. The molecule has 5 nitrogen and oxygen atoms in total. The number of halogens is 3. The van der Waals surface area contributed by atoms with Crippen molar-refractivity contribution in [3.05, 3.63) is 58.1 Å². The topological polar surface area (TPSA) is 65.0 Å². The fourth-order valence-corrected chi connectivity index (χ4v) is 2.97. The monoisotopic (exact) mass is 444 g/mol. The number of carboxylic acids is 1. The maximum absolute atomic E-state index is 14.1. The molecular weight excluding hydrogens is 422 g/mol. The minimum Gasteiger partial charge on any atom is -0.490 e. The number of rotatable bonds is 11. The van der Waals surface area contributed by atoms with E-state index in [-0.39, 0.29) is 25.7 Å². The van der Waals surface area contributed by atoms with E-state index in [2.05, 4.69) is 0 Å². The highest BCUT2D eigenvalue weighted by Gasteiger charge is 2.20. The molecule has 2 atom stereocenters. The average molecular weight is 445 g/mol. The van der Waals surface area contributed by atoms with Gasteiger partial charge in [0.2, 0.25) is 0 Å². The number of aliphatic carboxylic acids is 1. The molecule has 0 bridgehead atoms. The van der Waals surface area contributed by atoms with Gasteiger partial charge in [-0.2, -0.15) is 0 Å². The van der Waals surface area contributed by atoms with E-state index in [0.29, 0.717) is 21.5 Å². The Labute approximate surface area is 179 Å². The van der Waals surface area contributed by atoms with Gasteiger partial charge in [-0.1, -0.05) is 35.3 Å². The maximum atomic E-state index is 14.1. The molecule has 0 aromatic heterocycles. The van der Waals surface area contributed by atoms with Crippen LogP contribution in [0.1, 0.15) is 19.4 Å². The first kappa shape index (κ1) is 23.3. The molecule has 0 saturated carbocycles. The Bertz CT molecular complexity index is 815. The summed E-state index contributed by atoms with van der Waals surface area (Å²) >= 11 is 11.8. The molecule has 1 N–H and O–H groups in total. The molecule has 0 radical (unpaired) electrons. The molecule has 158 valence electrons. The second kappa shape index (κ2) is 11.2. The number of hydrogen-bond donors (Lipinski definition) is 1. The summed E-state index contributed by atoms with van der Waals surface area (Å²) in [7, 11) is 0. The van der Waals surface area contributed by atoms with Crippen molar-refractivity contribution in [2.75, 3.05) is 13.2 Å². The Morgan fingerprint density at radius 3 is 2.48 bits per heavy atom. The van der Waals surface area contributed by atoms with Gasteiger partial charge >= 0.3 is 5.97 Å². The summed E-state index contributed by atoms with van der Waals surface area (Å²) in [6.45, 7) is 3.09. The molecule has 0 amide bonds. The molecule has 0 unspecified atom stereocenters. The molecular formula is C21H23Cl2FO5. The fourth-order valence-electron chi connectivity index (χ4n) is 2.51. The fraction of sp³-hybridized carbons (Fsp3) is 0.381. The number of carbonyl (C=O) groups is 1. The average Bonchev–Trinajstić information content (AvgIpc) is 2.65. The summed E-state index contributed by atoms with van der Waals surface area (Å²) in [5.41, 5.74) is 0.718. The lowest BCUT2D eigenvalue weighted by Crippen LogP contribution is -2.29. The highest BCUT2D eigenvalue weighted by atomic mass is 35.5. The molecule has 0 aliphatic carbocycles. The highest BCUT2D eigenvalue weighted by molar-refractivity contribution is 6.35. The summed E-state index contributed by atoms with van der Waals surface area (Å²) in [6, 6.07) is 11.5. The van der Waals surface area contributed by atoms with Gasteiger partial charge in [0.1, 0.15) is 24.7 Å². The van der Waals surface area contributed by atoms with Crippen molar-refractivity contribution in [3.8, 4) is 11.5 Å². The lowest BCUT2D eigenvalue weighted by molar-refractivity contribution is -0.153. The standard InChI is InChI=1S/C21H23Cl2FO5/c1-13(2)29-20(21(25)26)9-14-4-3-5-17(8-14)27-11-16(24)12-28-19-7-6-15(22)10-18(19)23/h3-8,10,13,16,20H,9,11-12H2,1-2H3,(H,25,26)/t16-,20-/m0/s1. The van der Waals surface area contributed by atoms with E-state index < -0.39 is 18.2 Å². The van der Waals surface area contributed by atoms with Gasteiger partial charge in [0.25, 0.3) is 0 Å². The van der Waals surface area contributed by atoms with E-state index in [1.165, 1.54) is 6.07 Å². The predicted octanol–water partition coefficient (Wildman–Crippen LogP) is 5.21. The predicted molar refractivity (Wildman–Crippen MR) is 110 cm³/mol. The maximum Gasteiger partial charge on any atom is 0.333 e. The Morgan fingerprint density at radius 2 is 1.83 bits per heavy atom. The zero-order valence-electron chi connectivity index (χ0n) is 16.1. The number of alkyl halides is 1. The van der Waals surface area contributed by atoms with Gasteiger partial charge < -0.3 is 19.3 Å². The molecule has 2 aromatic rings. The summed E-state index contributed by atoms with van der Waals surface area (Å²) in [6.07, 6.45) is -2.38. The minimum atomic E-state index is -1.39. The first-order chi connectivity index (χ1) is 13.7. The molecule has 0 saturated heterocycles. The van der Waals surface area contributed by atoms with Crippen LogP contribution in [-0.4, -0.2) is 42.7 Å². The molecule has 2 aromatic carbocycles. The molecule has 0 heterocycles. The van der Waals surface area contributed by atoms with Crippen molar-refractivity contribution in [2.24, 2.45) is 0 Å². The van der Waals surface area contributed by atoms with Crippen molar-refractivity contribution in [2.45, 2.75) is 38.6 Å². The Morgan fingerprint density at radius 1 is 1.10 bits per heavy atom. The van der Waals surface area contributed by atoms with Crippen LogP contribution in [0.15, 0.2) is 42.5 Å². The zero-order chi connectivity index (χ0) is 21.4. The van der Waals surface area contributed by atoms with Gasteiger partial charge in [-0.25, -0.2) is 9.18 Å². The minimum absolute atomic E-state index is 0.182. The zero-order valence-corrected chi connectivity index (χ0v) is 17.6. The van der Waals surface area contributed by atoms with Crippen LogP contribution in [0, 0.1) is 0 Å². The SMILES string of the molecule is CC(C)O[C@@H](Cc1cccc(OC[C@H](F)COc2ccc(Cl)cc2Cl)c1)C(=O)O. The van der Waals surface area contributed by atoms with Crippen molar-refractivity contribution in [1.29, 1.82) is 0 Å². The van der Waals surface area contributed by atoms with Crippen LogP contribution >= 0.6 is 23.2 Å². The van der Waals surface area contributed by atoms with Crippen molar-refractivity contribution < 1.29 is 28.5 Å². The lowest BCUT2D eigenvalue weighted by atomic mass is 10.1. The Kier molecular flexibility index (Phi) is 9.01. The Balaban J connectivity index is 1.87. The van der Waals surface area contributed by atoms with Gasteiger partial charge in [-0.05, 0) is 49.7 Å². The van der Waals surface area contributed by atoms with E-state index in [0.717, 1.165) is 5.56 Å². The van der Waals surface area contributed by atoms with Crippen LogP contribution in [-0.2, 0) is 16.0 Å². The largest absolute Gasteiger partial charge is 0.490 e. The second-order valence-electron chi connectivity index (χ2n) is 6.66. The third-order valence-electron chi connectivity index (χ3n) is 3.78. The van der Waals surface area contributed by atoms with Crippen molar-refractivity contribution in [1.82, 2.24) is 0 Å². The summed E-state index contributed by atoms with van der Waals surface area (Å²) in [5, 5.41) is 10.0. The molecule has 0 fully saturated rings. The van der Waals surface area contributed by atoms with E-state index in [1.807, 2.05) is 0 Å². The second-order valence-corrected chi connectivity index (χ2v) is 7.50. The van der Waals surface area contributed by atoms with Crippen molar-refractivity contribution >= 4 is 29.2 Å². The smallest absolute Gasteiger partial charge is 0.333 e. The normalized spacial score (nSPS) is 13.2. The van der Waals surface area contributed by atoms with Gasteiger partial charge in [0, 0.05) is 11.4 Å². The molecule has 2 rings (SSSR count). The molecule has 0 spiro atoms. The van der Waals surface area contributed by atoms with Gasteiger partial charge in [0.05, 0.1) is 11.1 Å². The number of hydrogen-bond acceptors (Lipinski definition) is 4. The third kappa shape index (κ3) is 8.09. The third-order valence-corrected chi connectivity index (χ3v) is 4.31. The number of carboxylic acid groups (broad SMARTS) is 1. The van der Waals surface area contributed by atoms with Crippen LogP contribution < -0.4 is 9.47 Å². The molecule has 29 heavy (non-hydrogen) atoms. The van der Waals surface area contributed by atoms with Gasteiger partial charge in [0.15, 0.2) is 12.3 Å². The van der Waals surface area contributed by atoms with E-state index in [1.54, 1.807) is 50.2 Å². The first-order valence-electron chi connectivity index (χ1n) is 9.06. The first-order valence-corrected chi connectivity index (χ1v) is 9.82. The van der Waals surface area contributed by atoms with E-state index >= 15 is 0 Å². The van der Waals surface area contributed by atoms with Crippen LogP contribution in [0.5, 0.6) is 11.5 Å². The van der Waals surface area contributed by atoms with E-state index in [9.17, 15) is 14.3 Å². The summed E-state index contributed by atoms with van der Waals surface area (Å²) in [5.74, 6) is -0.263. The van der Waals surface area contributed by atoms with Gasteiger partial charge in [-0.15, -0.1) is 0 Å². The Hall–Kier alpha value is -2.02. The highest BCUT2D eigenvalue weighted by Crippen LogP contribution is 2.27. The van der Waals surface area contributed by atoms with Crippen molar-refractivity contribution in [3.63, 3.8) is 0 Å². The van der Waals surface area contributed by atoms with Crippen LogP contribution in [0.25, 0.3) is 0 Å². The summed E-state index contributed by atoms with van der Waals surface area (Å²) in [4.78, 5) is 11.3. The molecule has 0 aliphatic heterocycles. The lowest BCUT2D eigenvalue weighted by Gasteiger charge is -2.17. The van der Waals surface area contributed by atoms with E-state index in [4.69, 9.17) is 37.4 Å². The number of benzene rings is 2. The van der Waals surface area contributed by atoms with Crippen LogP contribution in [0.3, 0.4) is 0 Å². The van der Waals surface area contributed by atoms with Gasteiger partial charge in [-0.3, -0.25) is 0 Å². The van der Waals surface area contributed by atoms with Crippen LogP contribution in [0.2, 0.25) is 10.0 Å². The number of ether oxygens (including phenoxy) is 3. The molecule has 0 aliphatic rings. The molecule has 8 heteroatoms. The van der Waals surface area contributed by atoms with Crippen LogP contribution in [0.4, 0.5) is 4.39 Å². The quantitative estimate of drug-likeness (QED) is 0.515.